The van der Waals surface area contributed by atoms with Crippen molar-refractivity contribution in [2.24, 2.45) is 5.10 Å². The molecule has 0 spiro atoms. The number of nitrogens with zero attached hydrogens (tertiary/aromatic N) is 2. The third kappa shape index (κ3) is 2.68. The Morgan fingerprint density at radius 1 is 1.26 bits per heavy atom. The highest BCUT2D eigenvalue weighted by Gasteiger charge is 2.43. The van der Waals surface area contributed by atoms with Crippen molar-refractivity contribution >= 4 is 27.2 Å². The molecule has 0 aromatic heterocycles. The Labute approximate surface area is 117 Å². The van der Waals surface area contributed by atoms with Crippen LogP contribution in [0.3, 0.4) is 0 Å². The fraction of sp³-hybridized carbons (Fsp3) is 0.308. The highest BCUT2D eigenvalue weighted by Crippen LogP contribution is 2.37. The van der Waals surface area contributed by atoms with Crippen LogP contribution in [0.1, 0.15) is 24.5 Å². The van der Waals surface area contributed by atoms with Crippen LogP contribution < -0.4 is 5.43 Å². The van der Waals surface area contributed by atoms with Gasteiger partial charge >= 0.3 is 6.18 Å². The average molecular weight is 332 g/mol. The van der Waals surface area contributed by atoms with Crippen LogP contribution in [0.25, 0.3) is 5.57 Å². The standard InChI is InChI=1S/C13H11BrF3N2/c1-3-10-11(12(19-18-10)13(15,16)17)8-6-7(2)4-5-9(8)14/h4-6H,3H2,1-2H3. The summed E-state index contributed by atoms with van der Waals surface area (Å²) >= 11 is 3.29. The molecule has 0 aliphatic carbocycles. The number of hydrogen-bond donors (Lipinski definition) is 0. The second-order valence-corrected chi connectivity index (χ2v) is 5.06. The predicted octanol–water partition coefficient (Wildman–Crippen LogP) is 4.41. The Kier molecular flexibility index (Phi) is 3.71. The number of aryl methyl sites for hydroxylation is 1. The van der Waals surface area contributed by atoms with Gasteiger partial charge in [-0.05, 0) is 19.4 Å². The lowest BCUT2D eigenvalue weighted by Gasteiger charge is -2.13. The van der Waals surface area contributed by atoms with E-state index in [2.05, 4.69) is 26.5 Å². The molecule has 1 aliphatic heterocycles. The molecule has 0 bridgehead atoms. The Balaban J connectivity index is 2.62. The molecule has 19 heavy (non-hydrogen) atoms. The van der Waals surface area contributed by atoms with Gasteiger partial charge in [0.25, 0.3) is 0 Å². The van der Waals surface area contributed by atoms with E-state index in [1.165, 1.54) is 0 Å². The summed E-state index contributed by atoms with van der Waals surface area (Å²) in [5.74, 6) is 0. The first kappa shape index (κ1) is 14.1. The summed E-state index contributed by atoms with van der Waals surface area (Å²) in [6.45, 7) is 3.59. The van der Waals surface area contributed by atoms with Crippen LogP contribution in [0.15, 0.2) is 33.5 Å². The fourth-order valence-corrected chi connectivity index (χ4v) is 2.35. The number of allylic oxidation sites excluding steroid dienone is 2. The summed E-state index contributed by atoms with van der Waals surface area (Å²) in [6, 6.07) is 5.27. The van der Waals surface area contributed by atoms with Crippen molar-refractivity contribution in [2.45, 2.75) is 26.4 Å². The van der Waals surface area contributed by atoms with Crippen molar-refractivity contribution in [3.05, 3.63) is 39.5 Å². The summed E-state index contributed by atoms with van der Waals surface area (Å²) in [7, 11) is 0. The average Bonchev–Trinajstić information content (AvgIpc) is 2.75. The van der Waals surface area contributed by atoms with Crippen molar-refractivity contribution in [2.75, 3.05) is 0 Å². The van der Waals surface area contributed by atoms with Crippen molar-refractivity contribution in [1.82, 2.24) is 5.43 Å². The molecule has 1 aliphatic rings. The van der Waals surface area contributed by atoms with Gasteiger partial charge in [-0.2, -0.15) is 18.6 Å². The Morgan fingerprint density at radius 2 is 1.95 bits per heavy atom. The second-order valence-electron chi connectivity index (χ2n) is 4.20. The quantitative estimate of drug-likeness (QED) is 0.767. The molecule has 1 heterocycles. The number of benzene rings is 1. The fourth-order valence-electron chi connectivity index (χ4n) is 1.91. The van der Waals surface area contributed by atoms with E-state index in [0.717, 1.165) is 5.56 Å². The molecule has 101 valence electrons. The van der Waals surface area contributed by atoms with Crippen molar-refractivity contribution < 1.29 is 13.2 Å². The van der Waals surface area contributed by atoms with E-state index >= 15 is 0 Å². The molecule has 1 radical (unpaired) electrons. The van der Waals surface area contributed by atoms with E-state index in [1.54, 1.807) is 19.1 Å². The third-order valence-corrected chi connectivity index (χ3v) is 3.48. The monoisotopic (exact) mass is 331 g/mol. The van der Waals surface area contributed by atoms with Crippen LogP contribution in [0.4, 0.5) is 13.2 Å². The Morgan fingerprint density at radius 3 is 2.53 bits per heavy atom. The number of alkyl halides is 3. The van der Waals surface area contributed by atoms with E-state index in [-0.39, 0.29) is 5.57 Å². The molecule has 0 unspecified atom stereocenters. The van der Waals surface area contributed by atoms with E-state index in [1.807, 2.05) is 13.0 Å². The van der Waals surface area contributed by atoms with E-state index in [4.69, 9.17) is 0 Å². The topological polar surface area (TPSA) is 26.5 Å². The molecule has 0 N–H and O–H groups in total. The van der Waals surface area contributed by atoms with Crippen LogP contribution in [0.5, 0.6) is 0 Å². The molecule has 0 atom stereocenters. The first-order chi connectivity index (χ1) is 8.84. The minimum atomic E-state index is -4.50. The van der Waals surface area contributed by atoms with Crippen LogP contribution in [-0.2, 0) is 0 Å². The lowest BCUT2D eigenvalue weighted by molar-refractivity contribution is -0.0572. The molecule has 2 nitrogen and oxygen atoms in total. The zero-order valence-corrected chi connectivity index (χ0v) is 11.9. The lowest BCUT2D eigenvalue weighted by atomic mass is 9.97. The third-order valence-electron chi connectivity index (χ3n) is 2.79. The van der Waals surface area contributed by atoms with Gasteiger partial charge in [0.2, 0.25) is 0 Å². The van der Waals surface area contributed by atoms with Gasteiger partial charge in [0.15, 0.2) is 5.71 Å². The second kappa shape index (κ2) is 5.00. The summed E-state index contributed by atoms with van der Waals surface area (Å²) in [6.07, 6.45) is -4.10. The van der Waals surface area contributed by atoms with Gasteiger partial charge in [-0.1, -0.05) is 40.5 Å². The molecule has 1 aromatic rings. The molecule has 1 aromatic carbocycles. The maximum atomic E-state index is 13.0. The Bertz CT molecular complexity index is 574. The summed E-state index contributed by atoms with van der Waals surface area (Å²) < 4.78 is 39.6. The van der Waals surface area contributed by atoms with Gasteiger partial charge in [-0.15, -0.1) is 5.10 Å². The summed E-state index contributed by atoms with van der Waals surface area (Å²) in [5.41, 5.74) is 4.54. The van der Waals surface area contributed by atoms with E-state index in [9.17, 15) is 13.2 Å². The van der Waals surface area contributed by atoms with Crippen LogP contribution in [-0.4, -0.2) is 11.9 Å². The van der Waals surface area contributed by atoms with Crippen LogP contribution >= 0.6 is 15.9 Å². The molecule has 0 amide bonds. The van der Waals surface area contributed by atoms with Crippen molar-refractivity contribution in [1.29, 1.82) is 0 Å². The number of halogens is 4. The molecule has 2 rings (SSSR count). The molecular weight excluding hydrogens is 321 g/mol. The Hall–Kier alpha value is -1.30. The number of hydrogen-bond acceptors (Lipinski definition) is 1. The van der Waals surface area contributed by atoms with E-state index < -0.39 is 11.9 Å². The molecule has 0 fully saturated rings. The van der Waals surface area contributed by atoms with Gasteiger partial charge in [0, 0.05) is 15.6 Å². The normalized spacial score (nSPS) is 15.6. The largest absolute Gasteiger partial charge is 0.435 e. The maximum Gasteiger partial charge on any atom is 0.435 e. The minimum absolute atomic E-state index is 0.0746. The SMILES string of the molecule is CCC1=C(c2cc(C)ccc2Br)C(C(F)(F)F)=N[N]1. The van der Waals surface area contributed by atoms with Crippen LogP contribution in [0, 0.1) is 6.92 Å². The first-order valence-electron chi connectivity index (χ1n) is 5.70. The van der Waals surface area contributed by atoms with E-state index in [0.29, 0.717) is 22.2 Å². The smallest absolute Gasteiger partial charge is 0.164 e. The van der Waals surface area contributed by atoms with Gasteiger partial charge in [0.1, 0.15) is 0 Å². The molecule has 0 saturated carbocycles. The van der Waals surface area contributed by atoms with Crippen molar-refractivity contribution in [3.8, 4) is 0 Å². The zero-order chi connectivity index (χ0) is 14.2. The van der Waals surface area contributed by atoms with Gasteiger partial charge in [-0.3, -0.25) is 0 Å². The molecule has 0 saturated heterocycles. The highest BCUT2D eigenvalue weighted by molar-refractivity contribution is 9.10. The maximum absolute atomic E-state index is 13.0. The molecule has 6 heteroatoms. The summed E-state index contributed by atoms with van der Waals surface area (Å²) in [5, 5.41) is 3.31. The number of rotatable bonds is 2. The molecular formula is C13H11BrF3N2. The lowest BCUT2D eigenvalue weighted by Crippen LogP contribution is -2.23. The van der Waals surface area contributed by atoms with Gasteiger partial charge in [0.05, 0.1) is 5.70 Å². The first-order valence-corrected chi connectivity index (χ1v) is 6.49. The highest BCUT2D eigenvalue weighted by atomic mass is 79.9. The van der Waals surface area contributed by atoms with Gasteiger partial charge < -0.3 is 0 Å². The minimum Gasteiger partial charge on any atom is -0.164 e. The zero-order valence-electron chi connectivity index (χ0n) is 10.3. The van der Waals surface area contributed by atoms with Crippen molar-refractivity contribution in [3.63, 3.8) is 0 Å². The summed E-state index contributed by atoms with van der Waals surface area (Å²) in [4.78, 5) is 0. The van der Waals surface area contributed by atoms with Gasteiger partial charge in [-0.25, -0.2) is 0 Å². The predicted molar refractivity (Wildman–Crippen MR) is 71.7 cm³/mol. The van der Waals surface area contributed by atoms with Crippen LogP contribution in [0.2, 0.25) is 0 Å².